The van der Waals surface area contributed by atoms with Crippen LogP contribution in [0.2, 0.25) is 25.7 Å². The van der Waals surface area contributed by atoms with Gasteiger partial charge in [0, 0.05) is 40.5 Å². The standard InChI is InChI=1S/C15H38N2O3Si2/c1-9-16(10-2)13-14-17(21(6,7)8)12-11-15-22(18-3,19-4)20-5/h9-15H2,1-8H3. The first kappa shape index (κ1) is 22.2. The van der Waals surface area contributed by atoms with E-state index in [1.807, 2.05) is 0 Å². The van der Waals surface area contributed by atoms with Crippen molar-refractivity contribution in [3.05, 3.63) is 0 Å². The maximum atomic E-state index is 5.52. The fourth-order valence-electron chi connectivity index (χ4n) is 2.63. The molecule has 5 nitrogen and oxygen atoms in total. The number of rotatable bonds is 13. The van der Waals surface area contributed by atoms with Gasteiger partial charge in [0.25, 0.3) is 0 Å². The van der Waals surface area contributed by atoms with E-state index in [9.17, 15) is 0 Å². The zero-order valence-electron chi connectivity index (χ0n) is 16.1. The number of hydrogen-bond donors (Lipinski definition) is 0. The molecule has 0 unspecified atom stereocenters. The van der Waals surface area contributed by atoms with E-state index in [-0.39, 0.29) is 0 Å². The highest BCUT2D eigenvalue weighted by Crippen LogP contribution is 2.17. The van der Waals surface area contributed by atoms with E-state index in [0.29, 0.717) is 0 Å². The van der Waals surface area contributed by atoms with Gasteiger partial charge in [-0.2, -0.15) is 0 Å². The maximum absolute atomic E-state index is 5.52. The molecule has 0 aromatic heterocycles. The van der Waals surface area contributed by atoms with Crippen LogP contribution in [-0.2, 0) is 13.3 Å². The third-order valence-electron chi connectivity index (χ3n) is 4.37. The summed E-state index contributed by atoms with van der Waals surface area (Å²) in [6.45, 7) is 17.4. The zero-order valence-corrected chi connectivity index (χ0v) is 18.1. The van der Waals surface area contributed by atoms with Crippen LogP contribution in [0.3, 0.4) is 0 Å². The van der Waals surface area contributed by atoms with Crippen molar-refractivity contribution in [3.63, 3.8) is 0 Å². The van der Waals surface area contributed by atoms with Crippen LogP contribution in [0.1, 0.15) is 20.3 Å². The average molecular weight is 351 g/mol. The van der Waals surface area contributed by atoms with Gasteiger partial charge in [0.15, 0.2) is 0 Å². The van der Waals surface area contributed by atoms with E-state index in [1.54, 1.807) is 21.3 Å². The first-order valence-electron chi connectivity index (χ1n) is 8.41. The van der Waals surface area contributed by atoms with Crippen molar-refractivity contribution in [1.29, 1.82) is 0 Å². The second kappa shape index (κ2) is 10.9. The Morgan fingerprint density at radius 1 is 0.773 bits per heavy atom. The molecule has 7 heteroatoms. The molecule has 0 atom stereocenters. The Balaban J connectivity index is 4.49. The Morgan fingerprint density at radius 2 is 1.27 bits per heavy atom. The molecule has 0 saturated carbocycles. The molecular formula is C15H38N2O3Si2. The molecule has 0 bridgehead atoms. The zero-order chi connectivity index (χ0) is 17.2. The molecule has 0 heterocycles. The van der Waals surface area contributed by atoms with Crippen molar-refractivity contribution < 1.29 is 13.3 Å². The largest absolute Gasteiger partial charge is 0.500 e. The van der Waals surface area contributed by atoms with Gasteiger partial charge in [-0.05, 0) is 26.1 Å². The van der Waals surface area contributed by atoms with Gasteiger partial charge in [-0.25, -0.2) is 0 Å². The number of likely N-dealkylation sites (N-methyl/N-ethyl adjacent to an activating group) is 1. The summed E-state index contributed by atoms with van der Waals surface area (Å²) in [5.74, 6) is 0. The molecule has 22 heavy (non-hydrogen) atoms. The van der Waals surface area contributed by atoms with Gasteiger partial charge in [-0.15, -0.1) is 0 Å². The Morgan fingerprint density at radius 3 is 1.64 bits per heavy atom. The van der Waals surface area contributed by atoms with Gasteiger partial charge in [0.05, 0.1) is 0 Å². The lowest BCUT2D eigenvalue weighted by Gasteiger charge is -2.36. The predicted octanol–water partition coefficient (Wildman–Crippen LogP) is 2.73. The second-order valence-electron chi connectivity index (χ2n) is 6.58. The van der Waals surface area contributed by atoms with Crippen molar-refractivity contribution in [3.8, 4) is 0 Å². The molecule has 0 radical (unpaired) electrons. The monoisotopic (exact) mass is 350 g/mol. The van der Waals surface area contributed by atoms with Crippen LogP contribution in [0.5, 0.6) is 0 Å². The molecule has 0 saturated heterocycles. The Labute approximate surface area is 140 Å². The molecule has 0 amide bonds. The van der Waals surface area contributed by atoms with Gasteiger partial charge in [-0.3, -0.25) is 0 Å². The first-order valence-corrected chi connectivity index (χ1v) is 13.8. The molecule has 0 aliphatic heterocycles. The molecule has 0 fully saturated rings. The minimum atomic E-state index is -2.42. The lowest BCUT2D eigenvalue weighted by Crippen LogP contribution is -2.50. The molecule has 134 valence electrons. The Hall–Kier alpha value is 0.234. The van der Waals surface area contributed by atoms with Crippen LogP contribution in [-0.4, -0.2) is 80.6 Å². The van der Waals surface area contributed by atoms with Crippen molar-refractivity contribution in [1.82, 2.24) is 9.47 Å². The molecule has 0 N–H and O–H groups in total. The van der Waals surface area contributed by atoms with Crippen LogP contribution in [0, 0.1) is 0 Å². The Kier molecular flexibility index (Phi) is 11.0. The summed E-state index contributed by atoms with van der Waals surface area (Å²) in [6.07, 6.45) is 1.06. The highest BCUT2D eigenvalue weighted by molar-refractivity contribution is 6.73. The van der Waals surface area contributed by atoms with Gasteiger partial charge in [-0.1, -0.05) is 33.5 Å². The van der Waals surface area contributed by atoms with E-state index in [4.69, 9.17) is 13.3 Å². The average Bonchev–Trinajstić information content (AvgIpc) is 2.50. The summed E-state index contributed by atoms with van der Waals surface area (Å²) in [5.41, 5.74) is 0. The quantitative estimate of drug-likeness (QED) is 0.477. The summed E-state index contributed by atoms with van der Waals surface area (Å²) < 4.78 is 19.2. The smallest absolute Gasteiger partial charge is 0.377 e. The summed E-state index contributed by atoms with van der Waals surface area (Å²) in [7, 11) is 1.34. The number of hydrogen-bond acceptors (Lipinski definition) is 5. The highest BCUT2D eigenvalue weighted by Gasteiger charge is 2.37. The summed E-state index contributed by atoms with van der Waals surface area (Å²) in [5, 5.41) is 0. The normalized spacial score (nSPS) is 13.4. The van der Waals surface area contributed by atoms with Crippen molar-refractivity contribution in [2.45, 2.75) is 46.0 Å². The van der Waals surface area contributed by atoms with E-state index in [2.05, 4.69) is 43.0 Å². The van der Waals surface area contributed by atoms with E-state index in [0.717, 1.165) is 45.2 Å². The maximum Gasteiger partial charge on any atom is 0.500 e. The van der Waals surface area contributed by atoms with Crippen molar-refractivity contribution in [2.24, 2.45) is 0 Å². The topological polar surface area (TPSA) is 34.2 Å². The minimum absolute atomic E-state index is 0.878. The number of nitrogens with zero attached hydrogens (tertiary/aromatic N) is 2. The molecule has 0 aliphatic carbocycles. The van der Waals surface area contributed by atoms with E-state index < -0.39 is 17.0 Å². The van der Waals surface area contributed by atoms with Crippen LogP contribution in [0.4, 0.5) is 0 Å². The lowest BCUT2D eigenvalue weighted by molar-refractivity contribution is 0.122. The van der Waals surface area contributed by atoms with E-state index in [1.165, 1.54) is 0 Å². The summed E-state index contributed by atoms with van der Waals surface area (Å²) in [6, 6.07) is 0.878. The van der Waals surface area contributed by atoms with Crippen molar-refractivity contribution in [2.75, 3.05) is 54.1 Å². The van der Waals surface area contributed by atoms with Gasteiger partial charge >= 0.3 is 8.80 Å². The van der Waals surface area contributed by atoms with E-state index >= 15 is 0 Å². The third-order valence-corrected chi connectivity index (χ3v) is 9.55. The Bertz CT molecular complexity index is 272. The first-order chi connectivity index (χ1) is 10.3. The molecular weight excluding hydrogens is 312 g/mol. The van der Waals surface area contributed by atoms with Crippen LogP contribution >= 0.6 is 0 Å². The van der Waals surface area contributed by atoms with Gasteiger partial charge in [0.1, 0.15) is 8.24 Å². The molecule has 0 aliphatic rings. The van der Waals surface area contributed by atoms with Crippen LogP contribution in [0.25, 0.3) is 0 Å². The second-order valence-corrected chi connectivity index (χ2v) is 14.6. The van der Waals surface area contributed by atoms with Gasteiger partial charge < -0.3 is 22.7 Å². The third kappa shape index (κ3) is 7.67. The predicted molar refractivity (Wildman–Crippen MR) is 98.9 cm³/mol. The highest BCUT2D eigenvalue weighted by atomic mass is 28.4. The molecule has 0 rings (SSSR count). The molecule has 0 aromatic carbocycles. The molecule has 0 aromatic rings. The summed E-state index contributed by atoms with van der Waals surface area (Å²) >= 11 is 0. The fourth-order valence-corrected chi connectivity index (χ4v) is 5.93. The lowest BCUT2D eigenvalue weighted by atomic mass is 10.4. The minimum Gasteiger partial charge on any atom is -0.377 e. The van der Waals surface area contributed by atoms with Crippen LogP contribution in [0.15, 0.2) is 0 Å². The van der Waals surface area contributed by atoms with Gasteiger partial charge in [0.2, 0.25) is 0 Å². The summed E-state index contributed by atoms with van der Waals surface area (Å²) in [4.78, 5) is 2.49. The molecule has 0 spiro atoms. The fraction of sp³-hybridized carbons (Fsp3) is 1.00. The van der Waals surface area contributed by atoms with Crippen LogP contribution < -0.4 is 0 Å². The SMILES string of the molecule is CCN(CC)CCN(CCC[Si](OC)(OC)OC)[Si](C)(C)C. The van der Waals surface area contributed by atoms with Crippen molar-refractivity contribution >= 4 is 17.0 Å².